The largest absolute Gasteiger partial charge is 0.381 e. The van der Waals surface area contributed by atoms with Crippen molar-refractivity contribution in [1.29, 1.82) is 5.26 Å². The van der Waals surface area contributed by atoms with Crippen LogP contribution in [-0.4, -0.2) is 22.8 Å². The van der Waals surface area contributed by atoms with Gasteiger partial charge in [0, 0.05) is 19.8 Å². The Labute approximate surface area is 118 Å². The summed E-state index contributed by atoms with van der Waals surface area (Å²) in [6.45, 7) is 4.67. The van der Waals surface area contributed by atoms with Gasteiger partial charge in [-0.2, -0.15) is 5.26 Å². The van der Waals surface area contributed by atoms with Crippen molar-refractivity contribution in [1.82, 2.24) is 9.55 Å². The van der Waals surface area contributed by atoms with Crippen LogP contribution in [0.2, 0.25) is 0 Å². The number of imidazole rings is 1. The van der Waals surface area contributed by atoms with E-state index >= 15 is 0 Å². The fourth-order valence-corrected chi connectivity index (χ4v) is 2.83. The molecule has 5 heteroatoms. The minimum absolute atomic E-state index is 0.169. The predicted octanol–water partition coefficient (Wildman–Crippen LogP) is 2.31. The first-order valence-electron chi connectivity index (χ1n) is 6.85. The van der Waals surface area contributed by atoms with E-state index in [-0.39, 0.29) is 5.41 Å². The molecule has 0 aliphatic carbocycles. The highest BCUT2D eigenvalue weighted by molar-refractivity contribution is 5.83. The molecule has 1 fully saturated rings. The van der Waals surface area contributed by atoms with Crippen molar-refractivity contribution in [2.24, 2.45) is 5.41 Å². The second-order valence-corrected chi connectivity index (χ2v) is 5.76. The molecular weight excluding hydrogens is 252 g/mol. The molecule has 1 aliphatic heterocycles. The Balaban J connectivity index is 2.03. The molecule has 0 radical (unpaired) electrons. The summed E-state index contributed by atoms with van der Waals surface area (Å²) in [5, 5.41) is 9.15. The van der Waals surface area contributed by atoms with Crippen LogP contribution < -0.4 is 5.73 Å². The third-order valence-electron chi connectivity index (χ3n) is 4.17. The van der Waals surface area contributed by atoms with E-state index in [0.29, 0.717) is 17.0 Å². The van der Waals surface area contributed by atoms with Crippen LogP contribution in [0.15, 0.2) is 18.2 Å². The number of nitrogen functional groups attached to an aromatic ring is 1. The zero-order valence-corrected chi connectivity index (χ0v) is 11.6. The smallest absolute Gasteiger partial charge is 0.201 e. The summed E-state index contributed by atoms with van der Waals surface area (Å²) in [5.41, 5.74) is 8.44. The molecule has 1 aliphatic rings. The van der Waals surface area contributed by atoms with E-state index in [9.17, 15) is 0 Å². The molecule has 1 aromatic carbocycles. The number of anilines is 1. The molecule has 3 rings (SSSR count). The van der Waals surface area contributed by atoms with E-state index in [2.05, 4.69) is 18.0 Å². The number of ether oxygens (including phenoxy) is 1. The highest BCUT2D eigenvalue weighted by Crippen LogP contribution is 2.34. The van der Waals surface area contributed by atoms with Gasteiger partial charge in [-0.1, -0.05) is 13.0 Å². The Morgan fingerprint density at radius 3 is 2.90 bits per heavy atom. The van der Waals surface area contributed by atoms with E-state index in [1.807, 2.05) is 16.7 Å². The molecule has 0 spiro atoms. The summed E-state index contributed by atoms with van der Waals surface area (Å²) in [4.78, 5) is 4.37. The van der Waals surface area contributed by atoms with Gasteiger partial charge in [0.1, 0.15) is 11.6 Å². The summed E-state index contributed by atoms with van der Waals surface area (Å²) in [6.07, 6.45) is 2.04. The molecule has 5 nitrogen and oxygen atoms in total. The lowest BCUT2D eigenvalue weighted by Gasteiger charge is -2.34. The van der Waals surface area contributed by atoms with E-state index in [0.717, 1.165) is 38.1 Å². The Bertz CT molecular complexity index is 677. The van der Waals surface area contributed by atoms with Crippen LogP contribution in [0.1, 0.15) is 25.3 Å². The molecule has 0 saturated carbocycles. The fraction of sp³-hybridized carbons (Fsp3) is 0.467. The van der Waals surface area contributed by atoms with Crippen molar-refractivity contribution in [3.8, 4) is 6.07 Å². The summed E-state index contributed by atoms with van der Waals surface area (Å²) in [7, 11) is 0. The zero-order chi connectivity index (χ0) is 14.2. The first kappa shape index (κ1) is 12.9. The number of nitrogens with zero attached hydrogens (tertiary/aromatic N) is 3. The van der Waals surface area contributed by atoms with Crippen LogP contribution in [0.4, 0.5) is 5.95 Å². The number of rotatable bonds is 2. The van der Waals surface area contributed by atoms with Crippen molar-refractivity contribution in [3.05, 3.63) is 23.8 Å². The second-order valence-electron chi connectivity index (χ2n) is 5.76. The van der Waals surface area contributed by atoms with Gasteiger partial charge in [0.15, 0.2) is 0 Å². The average Bonchev–Trinajstić information content (AvgIpc) is 2.75. The Hall–Kier alpha value is -2.06. The summed E-state index contributed by atoms with van der Waals surface area (Å²) in [5.74, 6) is 0.482. The molecule has 0 amide bonds. The molecule has 20 heavy (non-hydrogen) atoms. The molecule has 0 bridgehead atoms. The molecule has 2 heterocycles. The summed E-state index contributed by atoms with van der Waals surface area (Å²) >= 11 is 0. The number of aromatic nitrogens is 2. The molecular formula is C15H18N4O. The summed E-state index contributed by atoms with van der Waals surface area (Å²) < 4.78 is 7.47. The molecule has 1 saturated heterocycles. The normalized spacial score (nSPS) is 18.0. The van der Waals surface area contributed by atoms with E-state index in [1.54, 1.807) is 6.07 Å². The lowest BCUT2D eigenvalue weighted by Crippen LogP contribution is -2.31. The number of nitrogens with two attached hydrogens (primary N) is 1. The number of fused-ring (bicyclic) bond motifs is 1. The summed E-state index contributed by atoms with van der Waals surface area (Å²) in [6, 6.07) is 7.80. The fourth-order valence-electron chi connectivity index (χ4n) is 2.83. The van der Waals surface area contributed by atoms with Gasteiger partial charge >= 0.3 is 0 Å². The van der Waals surface area contributed by atoms with Gasteiger partial charge in [0.25, 0.3) is 0 Å². The van der Waals surface area contributed by atoms with Crippen molar-refractivity contribution >= 4 is 17.0 Å². The molecule has 0 unspecified atom stereocenters. The van der Waals surface area contributed by atoms with E-state index < -0.39 is 0 Å². The van der Waals surface area contributed by atoms with Gasteiger partial charge in [0.05, 0.1) is 11.1 Å². The number of benzene rings is 1. The first-order chi connectivity index (χ1) is 9.63. The molecule has 1 aromatic heterocycles. The Morgan fingerprint density at radius 2 is 2.20 bits per heavy atom. The zero-order valence-electron chi connectivity index (χ0n) is 11.6. The minimum atomic E-state index is 0.169. The third-order valence-corrected chi connectivity index (χ3v) is 4.17. The monoisotopic (exact) mass is 270 g/mol. The number of hydrogen-bond acceptors (Lipinski definition) is 4. The van der Waals surface area contributed by atoms with Gasteiger partial charge < -0.3 is 15.0 Å². The predicted molar refractivity (Wildman–Crippen MR) is 77.0 cm³/mol. The van der Waals surface area contributed by atoms with Gasteiger partial charge in [-0.3, -0.25) is 0 Å². The minimum Gasteiger partial charge on any atom is -0.381 e. The maximum Gasteiger partial charge on any atom is 0.201 e. The molecule has 104 valence electrons. The average molecular weight is 270 g/mol. The van der Waals surface area contributed by atoms with Crippen molar-refractivity contribution in [2.75, 3.05) is 18.9 Å². The highest BCUT2D eigenvalue weighted by atomic mass is 16.5. The van der Waals surface area contributed by atoms with Gasteiger partial charge in [0.2, 0.25) is 5.95 Å². The van der Waals surface area contributed by atoms with Gasteiger partial charge in [-0.25, -0.2) is 4.98 Å². The second kappa shape index (κ2) is 4.80. The van der Waals surface area contributed by atoms with Crippen LogP contribution in [0.3, 0.4) is 0 Å². The number of nitriles is 1. The van der Waals surface area contributed by atoms with E-state index in [4.69, 9.17) is 15.7 Å². The molecule has 2 aromatic rings. The lowest BCUT2D eigenvalue weighted by molar-refractivity contribution is 0.0163. The van der Waals surface area contributed by atoms with Crippen LogP contribution in [0.5, 0.6) is 0 Å². The van der Waals surface area contributed by atoms with Crippen molar-refractivity contribution < 1.29 is 4.74 Å². The Kier molecular flexibility index (Phi) is 3.11. The quantitative estimate of drug-likeness (QED) is 0.908. The third kappa shape index (κ3) is 2.12. The van der Waals surface area contributed by atoms with Gasteiger partial charge in [-0.05, 0) is 30.4 Å². The van der Waals surface area contributed by atoms with Crippen molar-refractivity contribution in [3.63, 3.8) is 0 Å². The lowest BCUT2D eigenvalue weighted by atomic mass is 9.82. The number of hydrogen-bond donors (Lipinski definition) is 1. The first-order valence-corrected chi connectivity index (χ1v) is 6.85. The highest BCUT2D eigenvalue weighted by Gasteiger charge is 2.29. The topological polar surface area (TPSA) is 76.9 Å². The number of para-hydroxylation sites is 1. The SMILES string of the molecule is CC1(Cn2c(N)nc3c(C#N)cccc32)CCOCC1. The van der Waals surface area contributed by atoms with E-state index in [1.165, 1.54) is 0 Å². The van der Waals surface area contributed by atoms with Crippen molar-refractivity contribution in [2.45, 2.75) is 26.3 Å². The standard InChI is InChI=1S/C15H18N4O/c1-15(5-7-20-8-6-15)10-19-12-4-2-3-11(9-16)13(12)18-14(19)17/h2-4H,5-8,10H2,1H3,(H2,17,18). The maximum absolute atomic E-state index is 9.15. The van der Waals surface area contributed by atoms with Crippen LogP contribution in [0.25, 0.3) is 11.0 Å². The molecule has 0 atom stereocenters. The van der Waals surface area contributed by atoms with Crippen LogP contribution in [-0.2, 0) is 11.3 Å². The van der Waals surface area contributed by atoms with Crippen LogP contribution in [0, 0.1) is 16.7 Å². The maximum atomic E-state index is 9.15. The Morgan fingerprint density at radius 1 is 1.45 bits per heavy atom. The van der Waals surface area contributed by atoms with Gasteiger partial charge in [-0.15, -0.1) is 0 Å². The van der Waals surface area contributed by atoms with Crippen LogP contribution >= 0.6 is 0 Å². The molecule has 2 N–H and O–H groups in total.